The van der Waals surface area contributed by atoms with Gasteiger partial charge in [-0.1, -0.05) is 32.9 Å². The third-order valence-electron chi connectivity index (χ3n) is 7.33. The van der Waals surface area contributed by atoms with Gasteiger partial charge >= 0.3 is 0 Å². The van der Waals surface area contributed by atoms with E-state index in [4.69, 9.17) is 14.4 Å². The number of aromatic nitrogens is 2. The first-order valence-corrected chi connectivity index (χ1v) is 9.49. The van der Waals surface area contributed by atoms with Crippen LogP contribution in [0.3, 0.4) is 0 Å². The summed E-state index contributed by atoms with van der Waals surface area (Å²) in [6.45, 7) is 7.02. The summed E-state index contributed by atoms with van der Waals surface area (Å²) in [5.41, 5.74) is 2.49. The van der Waals surface area contributed by atoms with Gasteiger partial charge in [-0.15, -0.1) is 0 Å². The average Bonchev–Trinajstić information content (AvgIpc) is 3.28. The lowest BCUT2D eigenvalue weighted by atomic mass is 9.63. The van der Waals surface area contributed by atoms with Crippen molar-refractivity contribution < 1.29 is 9.21 Å². The van der Waals surface area contributed by atoms with Crippen molar-refractivity contribution in [3.63, 3.8) is 0 Å². The molecular formula is C22H23N3O2. The number of furan rings is 1. The zero-order valence-corrected chi connectivity index (χ0v) is 15.9. The van der Waals surface area contributed by atoms with E-state index >= 15 is 0 Å². The Labute approximate surface area is 158 Å². The summed E-state index contributed by atoms with van der Waals surface area (Å²) in [7, 11) is 0. The molecule has 2 atom stereocenters. The number of amides is 1. The van der Waals surface area contributed by atoms with E-state index in [-0.39, 0.29) is 16.7 Å². The Morgan fingerprint density at radius 3 is 2.41 bits per heavy atom. The summed E-state index contributed by atoms with van der Waals surface area (Å²) in [6.07, 6.45) is 3.35. The number of nitrogens with zero attached hydrogens (tertiary/aromatic N) is 2. The maximum Gasteiger partial charge on any atom is 0.233 e. The molecule has 1 fully saturated rings. The summed E-state index contributed by atoms with van der Waals surface area (Å²) in [6, 6.07) is 11.6. The van der Waals surface area contributed by atoms with Crippen molar-refractivity contribution in [1.29, 1.82) is 0 Å². The topological polar surface area (TPSA) is 68.0 Å². The first-order valence-electron chi connectivity index (χ1n) is 9.49. The maximum atomic E-state index is 13.6. The number of carbonyl (C=O) groups excluding carboxylic acids is 1. The average molecular weight is 361 g/mol. The molecule has 27 heavy (non-hydrogen) atoms. The van der Waals surface area contributed by atoms with Crippen molar-refractivity contribution in [1.82, 2.24) is 15.3 Å². The highest BCUT2D eigenvalue weighted by atomic mass is 16.3. The minimum atomic E-state index is -0.666. The van der Waals surface area contributed by atoms with Crippen LogP contribution in [0.1, 0.15) is 50.8 Å². The van der Waals surface area contributed by atoms with Crippen LogP contribution in [0.25, 0.3) is 11.0 Å². The van der Waals surface area contributed by atoms with Crippen LogP contribution in [0.2, 0.25) is 0 Å². The highest BCUT2D eigenvalue weighted by Crippen LogP contribution is 2.70. The molecule has 0 spiro atoms. The SMILES string of the molecule is CC1(C)[C@@]2(C)CC[C@]1(C(=O)NCc1ccco1)c1nc3ccccc3nc12. The molecule has 2 aliphatic rings. The van der Waals surface area contributed by atoms with E-state index in [9.17, 15) is 4.79 Å². The molecule has 3 aromatic rings. The summed E-state index contributed by atoms with van der Waals surface area (Å²) in [5.74, 6) is 0.775. The normalized spacial score (nSPS) is 27.7. The quantitative estimate of drug-likeness (QED) is 0.769. The maximum absolute atomic E-state index is 13.6. The predicted octanol–water partition coefficient (Wildman–Crippen LogP) is 3.87. The van der Waals surface area contributed by atoms with E-state index in [0.29, 0.717) is 6.54 Å². The fourth-order valence-corrected chi connectivity index (χ4v) is 5.28. The third-order valence-corrected chi connectivity index (χ3v) is 7.33. The van der Waals surface area contributed by atoms with Crippen molar-refractivity contribution >= 4 is 16.9 Å². The number of hydrogen-bond donors (Lipinski definition) is 1. The molecule has 2 bridgehead atoms. The monoisotopic (exact) mass is 361 g/mol. The van der Waals surface area contributed by atoms with Crippen molar-refractivity contribution in [2.24, 2.45) is 5.41 Å². The third kappa shape index (κ3) is 1.87. The van der Waals surface area contributed by atoms with Crippen LogP contribution in [-0.4, -0.2) is 15.9 Å². The van der Waals surface area contributed by atoms with E-state index in [1.165, 1.54) is 0 Å². The van der Waals surface area contributed by atoms with Crippen molar-refractivity contribution in [2.45, 2.75) is 51.0 Å². The molecule has 2 aliphatic carbocycles. The Bertz CT molecular complexity index is 1060. The van der Waals surface area contributed by atoms with E-state index in [2.05, 4.69) is 26.1 Å². The number of carbonyl (C=O) groups is 1. The largest absolute Gasteiger partial charge is 0.467 e. The lowest BCUT2D eigenvalue weighted by Crippen LogP contribution is -2.51. The minimum Gasteiger partial charge on any atom is -0.467 e. The molecule has 2 heterocycles. The Balaban J connectivity index is 1.65. The van der Waals surface area contributed by atoms with Gasteiger partial charge in [-0.3, -0.25) is 4.79 Å². The molecule has 5 heteroatoms. The fourth-order valence-electron chi connectivity index (χ4n) is 5.28. The number of rotatable bonds is 3. The van der Waals surface area contributed by atoms with Crippen LogP contribution in [0.15, 0.2) is 47.1 Å². The lowest BCUT2D eigenvalue weighted by molar-refractivity contribution is -0.130. The van der Waals surface area contributed by atoms with Gasteiger partial charge in [-0.2, -0.15) is 0 Å². The van der Waals surface area contributed by atoms with Gasteiger partial charge in [0, 0.05) is 5.41 Å². The van der Waals surface area contributed by atoms with Crippen LogP contribution >= 0.6 is 0 Å². The second-order valence-electron chi connectivity index (χ2n) is 8.53. The van der Waals surface area contributed by atoms with Gasteiger partial charge in [0.05, 0.1) is 40.6 Å². The van der Waals surface area contributed by atoms with Crippen molar-refractivity contribution in [3.8, 4) is 0 Å². The number of para-hydroxylation sites is 2. The van der Waals surface area contributed by atoms with Gasteiger partial charge in [0.25, 0.3) is 0 Å². The zero-order valence-electron chi connectivity index (χ0n) is 15.9. The van der Waals surface area contributed by atoms with E-state index < -0.39 is 5.41 Å². The van der Waals surface area contributed by atoms with Crippen LogP contribution in [0.5, 0.6) is 0 Å². The molecule has 2 aromatic heterocycles. The molecule has 5 nitrogen and oxygen atoms in total. The number of benzene rings is 1. The van der Waals surface area contributed by atoms with Crippen LogP contribution in [-0.2, 0) is 22.2 Å². The second kappa shape index (κ2) is 5.18. The molecule has 0 radical (unpaired) electrons. The summed E-state index contributed by atoms with van der Waals surface area (Å²) in [4.78, 5) is 23.5. The minimum absolute atomic E-state index is 0.0240. The lowest BCUT2D eigenvalue weighted by Gasteiger charge is -2.39. The molecule has 5 rings (SSSR count). The van der Waals surface area contributed by atoms with Crippen LogP contribution < -0.4 is 5.32 Å². The van der Waals surface area contributed by atoms with Gasteiger partial charge in [0.1, 0.15) is 5.76 Å². The van der Waals surface area contributed by atoms with Gasteiger partial charge in [-0.05, 0) is 42.5 Å². The van der Waals surface area contributed by atoms with Crippen LogP contribution in [0, 0.1) is 5.41 Å². The van der Waals surface area contributed by atoms with E-state index in [1.807, 2.05) is 36.4 Å². The first-order chi connectivity index (χ1) is 12.9. The Hall–Kier alpha value is -2.69. The highest BCUT2D eigenvalue weighted by molar-refractivity contribution is 5.92. The number of nitrogens with one attached hydrogen (secondary N) is 1. The molecular weight excluding hydrogens is 338 g/mol. The van der Waals surface area contributed by atoms with Crippen LogP contribution in [0.4, 0.5) is 0 Å². The second-order valence-corrected chi connectivity index (χ2v) is 8.53. The van der Waals surface area contributed by atoms with E-state index in [1.54, 1.807) is 6.26 Å². The number of hydrogen-bond acceptors (Lipinski definition) is 4. The molecule has 0 saturated heterocycles. The summed E-state index contributed by atoms with van der Waals surface area (Å²) in [5, 5.41) is 3.11. The Morgan fingerprint density at radius 2 is 1.74 bits per heavy atom. The van der Waals surface area contributed by atoms with Crippen molar-refractivity contribution in [2.75, 3.05) is 0 Å². The Morgan fingerprint density at radius 1 is 1.04 bits per heavy atom. The molecule has 0 unspecified atom stereocenters. The standard InChI is InChI=1S/C22H23N3O2/c1-20(2)21(3)10-11-22(20,19(26)23-13-14-7-6-12-27-14)18-17(21)24-15-8-4-5-9-16(15)25-18/h4-9,12H,10-11,13H2,1-3H3,(H,23,26)/t21-,22+/m0/s1. The van der Waals surface area contributed by atoms with Gasteiger partial charge < -0.3 is 9.73 Å². The van der Waals surface area contributed by atoms with E-state index in [0.717, 1.165) is 41.0 Å². The summed E-state index contributed by atoms with van der Waals surface area (Å²) >= 11 is 0. The van der Waals surface area contributed by atoms with Gasteiger partial charge in [0.2, 0.25) is 5.91 Å². The van der Waals surface area contributed by atoms with Crippen molar-refractivity contribution in [3.05, 3.63) is 59.8 Å². The van der Waals surface area contributed by atoms with Gasteiger partial charge in [-0.25, -0.2) is 9.97 Å². The fraction of sp³-hybridized carbons (Fsp3) is 0.409. The molecule has 1 N–H and O–H groups in total. The highest BCUT2D eigenvalue weighted by Gasteiger charge is 2.73. The Kier molecular flexibility index (Phi) is 3.16. The molecule has 1 saturated carbocycles. The zero-order chi connectivity index (χ0) is 18.9. The van der Waals surface area contributed by atoms with Gasteiger partial charge in [0.15, 0.2) is 0 Å². The predicted molar refractivity (Wildman–Crippen MR) is 102 cm³/mol. The summed E-state index contributed by atoms with van der Waals surface area (Å²) < 4.78 is 5.38. The smallest absolute Gasteiger partial charge is 0.233 e. The molecule has 1 amide bonds. The molecule has 0 aliphatic heterocycles. The number of fused-ring (bicyclic) bond motifs is 6. The molecule has 138 valence electrons. The molecule has 1 aromatic carbocycles. The first kappa shape index (κ1) is 16.5.